The molecule has 2 heterocycles. The predicted octanol–water partition coefficient (Wildman–Crippen LogP) is 3.82. The van der Waals surface area contributed by atoms with Gasteiger partial charge in [-0.1, -0.05) is 24.3 Å². The van der Waals surface area contributed by atoms with Crippen LogP contribution in [0.25, 0.3) is 11.1 Å². The summed E-state index contributed by atoms with van der Waals surface area (Å²) in [6.45, 7) is 5.27. The van der Waals surface area contributed by atoms with E-state index in [1.165, 1.54) is 0 Å². The van der Waals surface area contributed by atoms with Crippen molar-refractivity contribution in [2.75, 3.05) is 39.3 Å². The van der Waals surface area contributed by atoms with E-state index < -0.39 is 0 Å². The molecule has 0 saturated carbocycles. The van der Waals surface area contributed by atoms with Gasteiger partial charge < -0.3 is 19.6 Å². The van der Waals surface area contributed by atoms with Crippen molar-refractivity contribution in [1.29, 1.82) is 0 Å². The third-order valence-electron chi connectivity index (χ3n) is 6.08. The summed E-state index contributed by atoms with van der Waals surface area (Å²) in [6, 6.07) is 16.0. The van der Waals surface area contributed by atoms with E-state index in [4.69, 9.17) is 4.74 Å². The number of nitrogens with zero attached hydrogens (tertiary/aromatic N) is 2. The minimum Gasteiger partial charge on any atom is -0.494 e. The number of aliphatic hydroxyl groups excluding tert-OH is 1. The van der Waals surface area contributed by atoms with Gasteiger partial charge in [0, 0.05) is 31.7 Å². The molecule has 0 bridgehead atoms. The second-order valence-electron chi connectivity index (χ2n) is 8.40. The molecule has 1 atom stereocenters. The van der Waals surface area contributed by atoms with Gasteiger partial charge in [0.25, 0.3) is 5.91 Å². The van der Waals surface area contributed by atoms with Gasteiger partial charge in [0.15, 0.2) is 0 Å². The average molecular weight is 409 g/mol. The Bertz CT molecular complexity index is 813. The number of amides is 1. The fraction of sp³-hybridized carbons (Fsp3) is 0.480. The van der Waals surface area contributed by atoms with E-state index in [2.05, 4.69) is 17.0 Å². The van der Waals surface area contributed by atoms with Crippen LogP contribution in [0.1, 0.15) is 42.5 Å². The van der Waals surface area contributed by atoms with E-state index in [1.54, 1.807) is 0 Å². The molecule has 0 radical (unpaired) electrons. The van der Waals surface area contributed by atoms with Crippen LogP contribution in [-0.2, 0) is 0 Å². The first kappa shape index (κ1) is 20.9. The fourth-order valence-corrected chi connectivity index (χ4v) is 4.36. The molecule has 2 fully saturated rings. The molecular weight excluding hydrogens is 376 g/mol. The van der Waals surface area contributed by atoms with E-state index >= 15 is 0 Å². The molecule has 1 amide bonds. The second kappa shape index (κ2) is 10.1. The molecule has 0 aliphatic carbocycles. The van der Waals surface area contributed by atoms with Gasteiger partial charge in [-0.05, 0) is 74.0 Å². The summed E-state index contributed by atoms with van der Waals surface area (Å²) < 4.78 is 5.88. The number of aliphatic hydroxyl groups is 1. The van der Waals surface area contributed by atoms with E-state index in [0.717, 1.165) is 87.3 Å². The molecule has 2 aromatic rings. The maximum Gasteiger partial charge on any atom is 0.253 e. The highest BCUT2D eigenvalue weighted by Crippen LogP contribution is 2.24. The molecular formula is C25H32N2O3. The van der Waals surface area contributed by atoms with Gasteiger partial charge in [0.05, 0.1) is 12.7 Å². The van der Waals surface area contributed by atoms with E-state index in [1.807, 2.05) is 41.3 Å². The largest absolute Gasteiger partial charge is 0.494 e. The summed E-state index contributed by atoms with van der Waals surface area (Å²) in [5, 5.41) is 9.73. The van der Waals surface area contributed by atoms with Crippen molar-refractivity contribution in [2.24, 2.45) is 0 Å². The number of carbonyl (C=O) groups excluding carboxylic acids is 1. The Morgan fingerprint density at radius 3 is 2.27 bits per heavy atom. The van der Waals surface area contributed by atoms with Crippen molar-refractivity contribution in [3.05, 3.63) is 54.1 Å². The normalized spacial score (nSPS) is 19.8. The number of benzene rings is 2. The number of piperidine rings is 1. The molecule has 160 valence electrons. The summed E-state index contributed by atoms with van der Waals surface area (Å²) in [7, 11) is 0. The number of hydrogen-bond acceptors (Lipinski definition) is 4. The molecule has 30 heavy (non-hydrogen) atoms. The zero-order chi connectivity index (χ0) is 20.8. The number of carbonyl (C=O) groups is 1. The number of β-amino-alcohol motifs (C(OH)–C–C–N with tert-alkyl or cyclic N) is 1. The lowest BCUT2D eigenvalue weighted by Gasteiger charge is -2.29. The van der Waals surface area contributed by atoms with Gasteiger partial charge in [-0.25, -0.2) is 0 Å². The van der Waals surface area contributed by atoms with Crippen molar-refractivity contribution < 1.29 is 14.6 Å². The summed E-state index contributed by atoms with van der Waals surface area (Å²) in [5.74, 6) is 1.01. The molecule has 2 saturated heterocycles. The number of hydrogen-bond donors (Lipinski definition) is 1. The topological polar surface area (TPSA) is 53.0 Å². The number of ether oxygens (including phenoxy) is 1. The van der Waals surface area contributed by atoms with Crippen LogP contribution in [0.3, 0.4) is 0 Å². The highest BCUT2D eigenvalue weighted by Gasteiger charge is 2.19. The van der Waals surface area contributed by atoms with Gasteiger partial charge in [-0.3, -0.25) is 4.79 Å². The van der Waals surface area contributed by atoms with Crippen molar-refractivity contribution in [1.82, 2.24) is 9.80 Å². The maximum absolute atomic E-state index is 12.5. The highest BCUT2D eigenvalue weighted by molar-refractivity contribution is 5.94. The predicted molar refractivity (Wildman–Crippen MR) is 119 cm³/mol. The van der Waals surface area contributed by atoms with Gasteiger partial charge in [0.2, 0.25) is 0 Å². The SMILES string of the molecule is O=C(c1ccc(-c2ccc(OCCCN3CCC[C@@H](O)C3)cc2)cc1)N1CCCC1. The molecule has 2 aliphatic rings. The van der Waals surface area contributed by atoms with Gasteiger partial charge in [-0.2, -0.15) is 0 Å². The van der Waals surface area contributed by atoms with Crippen LogP contribution >= 0.6 is 0 Å². The molecule has 0 unspecified atom stereocenters. The first-order valence-corrected chi connectivity index (χ1v) is 11.2. The van der Waals surface area contributed by atoms with Gasteiger partial charge >= 0.3 is 0 Å². The zero-order valence-electron chi connectivity index (χ0n) is 17.6. The smallest absolute Gasteiger partial charge is 0.253 e. The van der Waals surface area contributed by atoms with Crippen LogP contribution < -0.4 is 4.74 Å². The lowest BCUT2D eigenvalue weighted by Crippen LogP contribution is -2.39. The third kappa shape index (κ3) is 5.41. The minimum atomic E-state index is -0.167. The summed E-state index contributed by atoms with van der Waals surface area (Å²) in [4.78, 5) is 16.7. The Hall–Kier alpha value is -2.37. The van der Waals surface area contributed by atoms with Gasteiger partial charge in [-0.15, -0.1) is 0 Å². The first-order chi connectivity index (χ1) is 14.7. The van der Waals surface area contributed by atoms with Crippen LogP contribution in [0.5, 0.6) is 5.75 Å². The Kier molecular flexibility index (Phi) is 7.03. The Labute approximate surface area is 179 Å². The van der Waals surface area contributed by atoms with E-state index in [0.29, 0.717) is 6.61 Å². The van der Waals surface area contributed by atoms with Crippen LogP contribution in [0.15, 0.2) is 48.5 Å². The quantitative estimate of drug-likeness (QED) is 0.708. The van der Waals surface area contributed by atoms with Crippen LogP contribution in [-0.4, -0.2) is 66.2 Å². The minimum absolute atomic E-state index is 0.141. The van der Waals surface area contributed by atoms with E-state index in [9.17, 15) is 9.90 Å². The van der Waals surface area contributed by atoms with E-state index in [-0.39, 0.29) is 12.0 Å². The Morgan fingerprint density at radius 2 is 1.60 bits per heavy atom. The summed E-state index contributed by atoms with van der Waals surface area (Å²) in [6.07, 6.45) is 5.02. The van der Waals surface area contributed by atoms with Crippen LogP contribution in [0, 0.1) is 0 Å². The summed E-state index contributed by atoms with van der Waals surface area (Å²) >= 11 is 0. The second-order valence-corrected chi connectivity index (χ2v) is 8.40. The first-order valence-electron chi connectivity index (χ1n) is 11.2. The van der Waals surface area contributed by atoms with Crippen LogP contribution in [0.4, 0.5) is 0 Å². The summed E-state index contributed by atoms with van der Waals surface area (Å²) in [5.41, 5.74) is 2.98. The molecule has 5 nitrogen and oxygen atoms in total. The standard InChI is InChI=1S/C25H32N2O3/c28-23-5-3-14-26(19-23)15-4-18-30-24-12-10-21(11-13-24)20-6-8-22(9-7-20)25(29)27-16-1-2-17-27/h6-13,23,28H,1-5,14-19H2/t23-/m1/s1. The lowest BCUT2D eigenvalue weighted by atomic mass is 10.0. The maximum atomic E-state index is 12.5. The monoisotopic (exact) mass is 408 g/mol. The molecule has 4 rings (SSSR count). The zero-order valence-corrected chi connectivity index (χ0v) is 17.6. The Balaban J connectivity index is 1.25. The molecule has 2 aromatic carbocycles. The van der Waals surface area contributed by atoms with Crippen molar-refractivity contribution in [3.63, 3.8) is 0 Å². The molecule has 5 heteroatoms. The van der Waals surface area contributed by atoms with Crippen molar-refractivity contribution in [2.45, 2.75) is 38.2 Å². The third-order valence-corrected chi connectivity index (χ3v) is 6.08. The highest BCUT2D eigenvalue weighted by atomic mass is 16.5. The fourth-order valence-electron chi connectivity index (χ4n) is 4.36. The Morgan fingerprint density at radius 1 is 0.933 bits per heavy atom. The lowest BCUT2D eigenvalue weighted by molar-refractivity contribution is 0.0679. The molecule has 2 aliphatic heterocycles. The molecule has 0 aromatic heterocycles. The number of likely N-dealkylation sites (tertiary alicyclic amines) is 2. The average Bonchev–Trinajstić information content (AvgIpc) is 3.32. The van der Waals surface area contributed by atoms with Crippen molar-refractivity contribution >= 4 is 5.91 Å². The molecule has 0 spiro atoms. The van der Waals surface area contributed by atoms with Gasteiger partial charge in [0.1, 0.15) is 5.75 Å². The van der Waals surface area contributed by atoms with Crippen molar-refractivity contribution in [3.8, 4) is 16.9 Å². The molecule has 1 N–H and O–H groups in total. The van der Waals surface area contributed by atoms with Crippen LogP contribution in [0.2, 0.25) is 0 Å². The number of rotatable bonds is 7.